The van der Waals surface area contributed by atoms with Gasteiger partial charge in [-0.1, -0.05) is 0 Å². The predicted molar refractivity (Wildman–Crippen MR) is 60.3 cm³/mol. The molecule has 0 aromatic rings. The van der Waals surface area contributed by atoms with Crippen molar-refractivity contribution in [2.24, 2.45) is 0 Å². The summed E-state index contributed by atoms with van der Waals surface area (Å²) in [5, 5.41) is 0. The van der Waals surface area contributed by atoms with Crippen molar-refractivity contribution in [2.45, 2.75) is 44.8 Å². The third-order valence-electron chi connectivity index (χ3n) is 3.08. The Hall–Kier alpha value is -1.10. The van der Waals surface area contributed by atoms with Crippen molar-refractivity contribution in [3.8, 4) is 0 Å². The van der Waals surface area contributed by atoms with Crippen molar-refractivity contribution in [1.29, 1.82) is 0 Å². The van der Waals surface area contributed by atoms with E-state index in [1.54, 1.807) is 11.8 Å². The maximum absolute atomic E-state index is 12.2. The van der Waals surface area contributed by atoms with Crippen LogP contribution in [0.3, 0.4) is 0 Å². The molecule has 17 heavy (non-hydrogen) atoms. The maximum Gasteiger partial charge on any atom is 0.325 e. The minimum atomic E-state index is -0.343. The van der Waals surface area contributed by atoms with Gasteiger partial charge in [0, 0.05) is 12.6 Å². The third-order valence-corrected chi connectivity index (χ3v) is 3.08. The first kappa shape index (κ1) is 12.4. The Morgan fingerprint density at radius 1 is 1.35 bits per heavy atom. The fraction of sp³-hybridized carbons (Fsp3) is 0.833. The summed E-state index contributed by atoms with van der Waals surface area (Å²) in [6.45, 7) is 2.83. The third kappa shape index (κ3) is 3.19. The molecular weight excluding hydrogens is 222 g/mol. The summed E-state index contributed by atoms with van der Waals surface area (Å²) in [7, 11) is 0. The molecule has 0 unspecified atom stereocenters. The van der Waals surface area contributed by atoms with Crippen molar-refractivity contribution < 1.29 is 19.1 Å². The van der Waals surface area contributed by atoms with E-state index in [-0.39, 0.29) is 30.6 Å². The smallest absolute Gasteiger partial charge is 0.325 e. The van der Waals surface area contributed by atoms with Crippen LogP contribution in [0.2, 0.25) is 0 Å². The Kier molecular flexibility index (Phi) is 3.99. The van der Waals surface area contributed by atoms with Gasteiger partial charge in [0.05, 0.1) is 6.61 Å². The molecule has 1 saturated carbocycles. The Labute approximate surface area is 101 Å². The molecule has 0 radical (unpaired) electrons. The summed E-state index contributed by atoms with van der Waals surface area (Å²) < 4.78 is 10.3. The van der Waals surface area contributed by atoms with Gasteiger partial charge in [-0.2, -0.15) is 0 Å². The molecule has 1 amide bonds. The van der Waals surface area contributed by atoms with Crippen molar-refractivity contribution in [1.82, 2.24) is 4.90 Å². The average Bonchev–Trinajstić information content (AvgIpc) is 3.00. The van der Waals surface area contributed by atoms with Crippen LogP contribution in [0.25, 0.3) is 0 Å². The van der Waals surface area contributed by atoms with Crippen LogP contribution in [0, 0.1) is 0 Å². The highest BCUT2D eigenvalue weighted by Gasteiger charge is 2.38. The second-order valence-corrected chi connectivity index (χ2v) is 4.50. The maximum atomic E-state index is 12.2. The molecule has 1 saturated heterocycles. The van der Waals surface area contributed by atoms with Crippen LogP contribution in [-0.2, 0) is 19.1 Å². The first-order valence-electron chi connectivity index (χ1n) is 6.30. The molecule has 0 aromatic carbocycles. The van der Waals surface area contributed by atoms with E-state index in [1.807, 2.05) is 0 Å². The topological polar surface area (TPSA) is 55.8 Å². The zero-order valence-corrected chi connectivity index (χ0v) is 10.2. The summed E-state index contributed by atoms with van der Waals surface area (Å²) in [6, 6.07) is 0.219. The van der Waals surface area contributed by atoms with Crippen LogP contribution in [-0.4, -0.2) is 48.7 Å². The van der Waals surface area contributed by atoms with Gasteiger partial charge >= 0.3 is 5.97 Å². The van der Waals surface area contributed by atoms with Crippen LogP contribution >= 0.6 is 0 Å². The summed E-state index contributed by atoms with van der Waals surface area (Å²) >= 11 is 0. The van der Waals surface area contributed by atoms with Crippen LogP contribution in [0.5, 0.6) is 0 Å². The monoisotopic (exact) mass is 241 g/mol. The summed E-state index contributed by atoms with van der Waals surface area (Å²) in [6.07, 6.45) is 3.32. The normalized spacial score (nSPS) is 23.5. The number of nitrogens with zero attached hydrogens (tertiary/aromatic N) is 1. The Bertz CT molecular complexity index is 295. The van der Waals surface area contributed by atoms with E-state index in [1.165, 1.54) is 0 Å². The zero-order chi connectivity index (χ0) is 12.3. The fourth-order valence-corrected chi connectivity index (χ4v) is 2.08. The lowest BCUT2D eigenvalue weighted by molar-refractivity contribution is -0.152. The molecule has 5 nitrogen and oxygen atoms in total. The zero-order valence-electron chi connectivity index (χ0n) is 10.2. The number of ether oxygens (including phenoxy) is 2. The number of hydrogen-bond acceptors (Lipinski definition) is 4. The number of carbonyl (C=O) groups is 2. The molecule has 0 N–H and O–H groups in total. The first-order chi connectivity index (χ1) is 8.22. The Morgan fingerprint density at radius 3 is 2.65 bits per heavy atom. The van der Waals surface area contributed by atoms with Crippen molar-refractivity contribution in [2.75, 3.05) is 19.8 Å². The van der Waals surface area contributed by atoms with Crippen LogP contribution in [0.4, 0.5) is 0 Å². The Morgan fingerprint density at radius 2 is 2.12 bits per heavy atom. The molecule has 2 rings (SSSR count). The van der Waals surface area contributed by atoms with E-state index in [0.717, 1.165) is 25.7 Å². The van der Waals surface area contributed by atoms with Gasteiger partial charge in [0.15, 0.2) is 0 Å². The molecule has 1 aliphatic carbocycles. The number of esters is 1. The SMILES string of the molecule is CCOC(=O)CN(C(=O)[C@H]1CCCO1)C1CC1. The van der Waals surface area contributed by atoms with Crippen molar-refractivity contribution in [3.63, 3.8) is 0 Å². The van der Waals surface area contributed by atoms with E-state index >= 15 is 0 Å². The molecule has 2 fully saturated rings. The lowest BCUT2D eigenvalue weighted by Crippen LogP contribution is -2.43. The highest BCUT2D eigenvalue weighted by molar-refractivity contribution is 5.85. The second-order valence-electron chi connectivity index (χ2n) is 4.50. The molecule has 0 spiro atoms. The largest absolute Gasteiger partial charge is 0.465 e. The first-order valence-corrected chi connectivity index (χ1v) is 6.30. The van der Waals surface area contributed by atoms with E-state index in [4.69, 9.17) is 9.47 Å². The fourth-order valence-electron chi connectivity index (χ4n) is 2.08. The molecular formula is C12H19NO4. The van der Waals surface area contributed by atoms with E-state index in [2.05, 4.69) is 0 Å². The summed E-state index contributed by atoms with van der Waals surface area (Å²) in [5.41, 5.74) is 0. The molecule has 1 heterocycles. The van der Waals surface area contributed by atoms with Crippen molar-refractivity contribution >= 4 is 11.9 Å². The van der Waals surface area contributed by atoms with Gasteiger partial charge in [-0.05, 0) is 32.6 Å². The lowest BCUT2D eigenvalue weighted by Gasteiger charge is -2.24. The highest BCUT2D eigenvalue weighted by Crippen LogP contribution is 2.29. The lowest BCUT2D eigenvalue weighted by atomic mass is 10.2. The number of amides is 1. The van der Waals surface area contributed by atoms with Gasteiger partial charge < -0.3 is 14.4 Å². The van der Waals surface area contributed by atoms with Gasteiger partial charge in [0.25, 0.3) is 5.91 Å². The molecule has 96 valence electrons. The second kappa shape index (κ2) is 5.49. The van der Waals surface area contributed by atoms with E-state index in [9.17, 15) is 9.59 Å². The molecule has 0 bridgehead atoms. The minimum absolute atomic E-state index is 0.0435. The molecule has 0 aromatic heterocycles. The van der Waals surface area contributed by atoms with Crippen LogP contribution < -0.4 is 0 Å². The quantitative estimate of drug-likeness (QED) is 0.665. The van der Waals surface area contributed by atoms with Gasteiger partial charge in [-0.3, -0.25) is 9.59 Å². The number of rotatable bonds is 5. The number of carbonyl (C=O) groups excluding carboxylic acids is 2. The summed E-state index contributed by atoms with van der Waals surface area (Å²) in [4.78, 5) is 25.2. The minimum Gasteiger partial charge on any atom is -0.465 e. The molecule has 5 heteroatoms. The summed E-state index contributed by atoms with van der Waals surface area (Å²) in [5.74, 6) is -0.371. The van der Waals surface area contributed by atoms with Crippen molar-refractivity contribution in [3.05, 3.63) is 0 Å². The van der Waals surface area contributed by atoms with Gasteiger partial charge in [0.2, 0.25) is 0 Å². The molecule has 2 aliphatic rings. The van der Waals surface area contributed by atoms with Crippen LogP contribution in [0.1, 0.15) is 32.6 Å². The standard InChI is InChI=1S/C12H19NO4/c1-2-16-11(14)8-13(9-5-6-9)12(15)10-4-3-7-17-10/h9-10H,2-8H2,1H3/t10-/m1/s1. The predicted octanol–water partition coefficient (Wildman–Crippen LogP) is 0.719. The molecule has 1 atom stereocenters. The number of hydrogen-bond donors (Lipinski definition) is 0. The Balaban J connectivity index is 1.91. The van der Waals surface area contributed by atoms with Gasteiger partial charge in [-0.25, -0.2) is 0 Å². The van der Waals surface area contributed by atoms with Gasteiger partial charge in [-0.15, -0.1) is 0 Å². The molecule has 1 aliphatic heterocycles. The van der Waals surface area contributed by atoms with Gasteiger partial charge in [0.1, 0.15) is 12.6 Å². The highest BCUT2D eigenvalue weighted by atomic mass is 16.5. The van der Waals surface area contributed by atoms with E-state index in [0.29, 0.717) is 13.2 Å². The van der Waals surface area contributed by atoms with E-state index < -0.39 is 0 Å². The van der Waals surface area contributed by atoms with Crippen LogP contribution in [0.15, 0.2) is 0 Å². The average molecular weight is 241 g/mol.